The van der Waals surface area contributed by atoms with Crippen LogP contribution in [0.3, 0.4) is 0 Å². The molecule has 0 saturated carbocycles. The number of quaternary nitrogens is 1. The van der Waals surface area contributed by atoms with Crippen molar-refractivity contribution in [1.29, 1.82) is 0 Å². The largest absolute Gasteiger partial charge is 0.543 e. The Morgan fingerprint density at radius 1 is 1.33 bits per heavy atom. The van der Waals surface area contributed by atoms with Crippen LogP contribution in [0.4, 0.5) is 0 Å². The summed E-state index contributed by atoms with van der Waals surface area (Å²) in [5.41, 5.74) is 1.29. The van der Waals surface area contributed by atoms with Gasteiger partial charge < -0.3 is 14.8 Å². The van der Waals surface area contributed by atoms with Gasteiger partial charge in [0.1, 0.15) is 18.1 Å². The lowest BCUT2D eigenvalue weighted by molar-refractivity contribution is -0.907. The first-order valence-electron chi connectivity index (χ1n) is 5.66. The van der Waals surface area contributed by atoms with Gasteiger partial charge in [-0.2, -0.15) is 0 Å². The van der Waals surface area contributed by atoms with Crippen molar-refractivity contribution in [1.82, 2.24) is 4.98 Å². The highest BCUT2D eigenvalue weighted by Crippen LogP contribution is 2.07. The van der Waals surface area contributed by atoms with Gasteiger partial charge in [0.25, 0.3) is 0 Å². The number of aromatic carboxylic acids is 1. The lowest BCUT2D eigenvalue weighted by Crippen LogP contribution is -3.06. The fourth-order valence-corrected chi connectivity index (χ4v) is 2.63. The topological polar surface area (TPSA) is 57.5 Å². The smallest absolute Gasteiger partial charge is 0.148 e. The number of nitrogens with one attached hydrogen (secondary N) is 1. The maximum atomic E-state index is 10.6. The molecule has 2 rings (SSSR count). The predicted octanol–water partition coefficient (Wildman–Crippen LogP) is -0.279. The van der Waals surface area contributed by atoms with Gasteiger partial charge in [0.15, 0.2) is 0 Å². The molecule has 0 aliphatic rings. The Bertz CT molecular complexity index is 525. The third-order valence-electron chi connectivity index (χ3n) is 2.56. The van der Waals surface area contributed by atoms with Crippen molar-refractivity contribution in [2.75, 3.05) is 7.05 Å². The molecule has 18 heavy (non-hydrogen) atoms. The number of hydrogen-bond donors (Lipinski definition) is 1. The number of carbonyl (C=O) groups excluding carboxylic acids is 1. The summed E-state index contributed by atoms with van der Waals surface area (Å²) in [6.07, 6.45) is 0. The van der Waals surface area contributed by atoms with Crippen LogP contribution in [0.2, 0.25) is 0 Å². The number of carboxylic acids is 1. The maximum Gasteiger partial charge on any atom is 0.148 e. The van der Waals surface area contributed by atoms with Crippen LogP contribution in [0.25, 0.3) is 0 Å². The molecule has 5 heteroatoms. The predicted molar refractivity (Wildman–Crippen MR) is 67.2 cm³/mol. The lowest BCUT2D eigenvalue weighted by Gasteiger charge is -2.12. The monoisotopic (exact) mass is 262 g/mol. The fourth-order valence-electron chi connectivity index (χ4n) is 1.75. The molecule has 1 aromatic heterocycles. The third-order valence-corrected chi connectivity index (χ3v) is 3.41. The van der Waals surface area contributed by atoms with Crippen molar-refractivity contribution in [3.05, 3.63) is 52.0 Å². The highest BCUT2D eigenvalue weighted by Gasteiger charge is 2.09. The van der Waals surface area contributed by atoms with Gasteiger partial charge in [-0.3, -0.25) is 0 Å². The summed E-state index contributed by atoms with van der Waals surface area (Å²) in [5, 5.41) is 13.0. The third kappa shape index (κ3) is 3.38. The molecule has 1 N–H and O–H groups in total. The molecule has 0 radical (unpaired) electrons. The first-order chi connectivity index (χ1) is 8.65. The molecule has 0 aliphatic carbocycles. The van der Waals surface area contributed by atoms with Gasteiger partial charge >= 0.3 is 0 Å². The van der Waals surface area contributed by atoms with Gasteiger partial charge in [-0.05, 0) is 0 Å². The highest BCUT2D eigenvalue weighted by atomic mass is 32.1. The average Bonchev–Trinajstić information content (AvgIpc) is 2.78. The molecule has 0 amide bonds. The van der Waals surface area contributed by atoms with Gasteiger partial charge in [-0.15, -0.1) is 11.3 Å². The molecule has 1 heterocycles. The van der Waals surface area contributed by atoms with Crippen LogP contribution in [0, 0.1) is 0 Å². The van der Waals surface area contributed by atoms with Crippen molar-refractivity contribution in [3.8, 4) is 0 Å². The first kappa shape index (κ1) is 12.7. The second-order valence-electron chi connectivity index (χ2n) is 4.21. The molecule has 0 aliphatic heterocycles. The number of nitrogens with zero attached hydrogens (tertiary/aromatic N) is 1. The molecule has 1 unspecified atom stereocenters. The Balaban J connectivity index is 1.94. The Morgan fingerprint density at radius 2 is 2.06 bits per heavy atom. The molecule has 2 aromatic rings. The van der Waals surface area contributed by atoms with Crippen molar-refractivity contribution in [2.45, 2.75) is 13.1 Å². The number of carbonyl (C=O) groups is 1. The number of thiazole rings is 1. The second-order valence-corrected chi connectivity index (χ2v) is 5.15. The summed E-state index contributed by atoms with van der Waals surface area (Å²) in [6.45, 7) is 1.61. The summed E-state index contributed by atoms with van der Waals surface area (Å²) in [5.74, 6) is -1.21. The van der Waals surface area contributed by atoms with E-state index < -0.39 is 5.97 Å². The Hall–Kier alpha value is -1.72. The molecule has 94 valence electrons. The molecule has 0 fully saturated rings. The molecule has 1 atom stereocenters. The van der Waals surface area contributed by atoms with E-state index in [1.165, 1.54) is 27.2 Å². The zero-order chi connectivity index (χ0) is 13.0. The molecule has 0 bridgehead atoms. The van der Waals surface area contributed by atoms with E-state index in [0.717, 1.165) is 11.6 Å². The molecular weight excluding hydrogens is 248 g/mol. The Labute approximate surface area is 110 Å². The fraction of sp³-hybridized carbons (Fsp3) is 0.231. The average molecular weight is 262 g/mol. The maximum absolute atomic E-state index is 10.6. The number of carboxylic acid groups (broad SMARTS) is 1. The minimum absolute atomic E-state index is 0.0301. The van der Waals surface area contributed by atoms with E-state index >= 15 is 0 Å². The zero-order valence-electron chi connectivity index (χ0n) is 10.1. The van der Waals surface area contributed by atoms with Crippen LogP contribution in [0.1, 0.15) is 21.1 Å². The van der Waals surface area contributed by atoms with Crippen molar-refractivity contribution < 1.29 is 14.8 Å². The minimum Gasteiger partial charge on any atom is -0.543 e. The zero-order valence-corrected chi connectivity index (χ0v) is 10.9. The van der Waals surface area contributed by atoms with Crippen LogP contribution in [0.15, 0.2) is 35.7 Å². The SMILES string of the molecule is C[NH+](Cc1ccccc1)Cc1nc(C(=O)[O-])cs1. The molecular formula is C13H14N2O2S. The number of hydrogen-bond acceptors (Lipinski definition) is 4. The second kappa shape index (κ2) is 5.75. The van der Waals surface area contributed by atoms with E-state index in [0.29, 0.717) is 6.54 Å². The van der Waals surface area contributed by atoms with Crippen molar-refractivity contribution in [2.24, 2.45) is 0 Å². The van der Waals surface area contributed by atoms with E-state index in [4.69, 9.17) is 0 Å². The summed E-state index contributed by atoms with van der Waals surface area (Å²) in [4.78, 5) is 15.9. The summed E-state index contributed by atoms with van der Waals surface area (Å²) in [7, 11) is 2.06. The van der Waals surface area contributed by atoms with E-state index in [2.05, 4.69) is 24.2 Å². The molecule has 0 saturated heterocycles. The molecule has 1 aromatic carbocycles. The normalized spacial score (nSPS) is 12.3. The number of aromatic nitrogens is 1. The summed E-state index contributed by atoms with van der Waals surface area (Å²) < 4.78 is 0. The van der Waals surface area contributed by atoms with E-state index in [9.17, 15) is 9.90 Å². The Morgan fingerprint density at radius 3 is 2.67 bits per heavy atom. The summed E-state index contributed by atoms with van der Waals surface area (Å²) in [6, 6.07) is 10.2. The van der Waals surface area contributed by atoms with Crippen LogP contribution in [-0.2, 0) is 13.1 Å². The van der Waals surface area contributed by atoms with E-state index in [-0.39, 0.29) is 5.69 Å². The summed E-state index contributed by atoms with van der Waals surface area (Å²) >= 11 is 1.36. The molecule has 0 spiro atoms. The lowest BCUT2D eigenvalue weighted by atomic mass is 10.2. The first-order valence-corrected chi connectivity index (χ1v) is 6.54. The van der Waals surface area contributed by atoms with Gasteiger partial charge in [0.2, 0.25) is 0 Å². The molecule has 4 nitrogen and oxygen atoms in total. The van der Waals surface area contributed by atoms with Crippen LogP contribution in [-0.4, -0.2) is 18.0 Å². The van der Waals surface area contributed by atoms with E-state index in [1.807, 2.05) is 18.2 Å². The van der Waals surface area contributed by atoms with Crippen LogP contribution in [0.5, 0.6) is 0 Å². The van der Waals surface area contributed by atoms with Gasteiger partial charge in [0.05, 0.1) is 18.7 Å². The highest BCUT2D eigenvalue weighted by molar-refractivity contribution is 7.09. The number of rotatable bonds is 5. The van der Waals surface area contributed by atoms with E-state index in [1.54, 1.807) is 0 Å². The van der Waals surface area contributed by atoms with Gasteiger partial charge in [-0.1, -0.05) is 30.3 Å². The quantitative estimate of drug-likeness (QED) is 0.806. The number of benzene rings is 1. The van der Waals surface area contributed by atoms with Crippen LogP contribution >= 0.6 is 11.3 Å². The minimum atomic E-state index is -1.21. The van der Waals surface area contributed by atoms with Gasteiger partial charge in [0, 0.05) is 10.9 Å². The van der Waals surface area contributed by atoms with Crippen molar-refractivity contribution in [3.63, 3.8) is 0 Å². The van der Waals surface area contributed by atoms with Gasteiger partial charge in [-0.25, -0.2) is 4.98 Å². The standard InChI is InChI=1S/C13H14N2O2S/c1-15(7-10-5-3-2-4-6-10)8-12-14-11(9-18-12)13(16)17/h2-6,9H,7-8H2,1H3,(H,16,17). The Kier molecular flexibility index (Phi) is 4.07. The van der Waals surface area contributed by atoms with Crippen LogP contribution < -0.4 is 10.0 Å². The van der Waals surface area contributed by atoms with Crippen molar-refractivity contribution >= 4 is 17.3 Å².